The Labute approximate surface area is 166 Å². The minimum absolute atomic E-state index is 0.108. The normalized spacial score (nSPS) is 25.4. The number of benzene rings is 1. The number of hydrogen-bond donors (Lipinski definition) is 0. The van der Waals surface area contributed by atoms with Crippen molar-refractivity contribution in [3.8, 4) is 0 Å². The highest BCUT2D eigenvalue weighted by molar-refractivity contribution is 8.00. The first kappa shape index (κ1) is 18.2. The third-order valence-corrected chi connectivity index (χ3v) is 6.80. The quantitative estimate of drug-likeness (QED) is 0.778. The highest BCUT2D eigenvalue weighted by Crippen LogP contribution is 2.43. The van der Waals surface area contributed by atoms with Crippen LogP contribution >= 0.6 is 11.8 Å². The van der Waals surface area contributed by atoms with Crippen LogP contribution in [0.2, 0.25) is 0 Å². The van der Waals surface area contributed by atoms with Gasteiger partial charge in [0.25, 0.3) is 5.91 Å². The van der Waals surface area contributed by atoms with Gasteiger partial charge in [-0.3, -0.25) is 9.69 Å². The largest absolute Gasteiger partial charge is 0.347 e. The number of fused-ring (bicyclic) bond motifs is 1. The van der Waals surface area contributed by atoms with Gasteiger partial charge >= 0.3 is 0 Å². The number of piperidine rings is 1. The Balaban J connectivity index is 1.45. The minimum atomic E-state index is -0.499. The highest BCUT2D eigenvalue weighted by atomic mass is 32.2. The summed E-state index contributed by atoms with van der Waals surface area (Å²) in [6.07, 6.45) is 1.46. The van der Waals surface area contributed by atoms with Crippen molar-refractivity contribution in [2.75, 3.05) is 26.3 Å². The van der Waals surface area contributed by atoms with Gasteiger partial charge in [-0.15, -0.1) is 5.10 Å². The van der Waals surface area contributed by atoms with E-state index in [0.29, 0.717) is 37.3 Å². The van der Waals surface area contributed by atoms with Crippen LogP contribution in [0.1, 0.15) is 35.1 Å². The van der Waals surface area contributed by atoms with Crippen LogP contribution in [0.25, 0.3) is 0 Å². The predicted molar refractivity (Wildman–Crippen MR) is 99.6 cm³/mol. The fourth-order valence-electron chi connectivity index (χ4n) is 4.30. The molecule has 2 unspecified atom stereocenters. The Kier molecular flexibility index (Phi) is 4.50. The van der Waals surface area contributed by atoms with Crippen LogP contribution < -0.4 is 0 Å². The Morgan fingerprint density at radius 2 is 2.04 bits per heavy atom. The molecule has 1 aromatic heterocycles. The summed E-state index contributed by atoms with van der Waals surface area (Å²) in [7, 11) is 0. The summed E-state index contributed by atoms with van der Waals surface area (Å²) >= 11 is 1.40. The fraction of sp³-hybridized carbons (Fsp3) is 0.526. The summed E-state index contributed by atoms with van der Waals surface area (Å²) in [5.41, 5.74) is 0.789. The number of rotatable bonds is 3. The molecule has 0 amide bonds. The highest BCUT2D eigenvalue weighted by Gasteiger charge is 2.47. The van der Waals surface area contributed by atoms with Gasteiger partial charge in [-0.2, -0.15) is 4.68 Å². The average Bonchev–Trinajstić information content (AvgIpc) is 3.35. The van der Waals surface area contributed by atoms with E-state index >= 15 is 0 Å². The maximum absolute atomic E-state index is 14.0. The van der Waals surface area contributed by atoms with Crippen molar-refractivity contribution in [1.82, 2.24) is 19.7 Å². The van der Waals surface area contributed by atoms with Crippen LogP contribution in [0.15, 0.2) is 29.4 Å². The summed E-state index contributed by atoms with van der Waals surface area (Å²) in [5.74, 6) is -0.336. The first-order valence-corrected chi connectivity index (χ1v) is 10.3. The molecule has 3 aliphatic heterocycles. The van der Waals surface area contributed by atoms with E-state index in [1.807, 2.05) is 6.07 Å². The molecule has 9 heteroatoms. The summed E-state index contributed by atoms with van der Waals surface area (Å²) < 4.78 is 27.0. The van der Waals surface area contributed by atoms with E-state index in [-0.39, 0.29) is 17.8 Å². The molecule has 7 nitrogen and oxygen atoms in total. The van der Waals surface area contributed by atoms with Crippen molar-refractivity contribution in [2.24, 2.45) is 0 Å². The van der Waals surface area contributed by atoms with Crippen molar-refractivity contribution < 1.29 is 18.7 Å². The van der Waals surface area contributed by atoms with Gasteiger partial charge in [-0.1, -0.05) is 23.9 Å². The van der Waals surface area contributed by atoms with E-state index in [9.17, 15) is 9.18 Å². The van der Waals surface area contributed by atoms with E-state index in [1.165, 1.54) is 28.6 Å². The maximum Gasteiger partial charge on any atom is 0.264 e. The molecular weight excluding hydrogens is 383 g/mol. The second-order valence-corrected chi connectivity index (χ2v) is 8.48. The molecule has 2 saturated heterocycles. The summed E-state index contributed by atoms with van der Waals surface area (Å²) in [4.78, 5) is 19.7. The lowest BCUT2D eigenvalue weighted by molar-refractivity contribution is -0.187. The van der Waals surface area contributed by atoms with Gasteiger partial charge in [0.15, 0.2) is 10.9 Å². The summed E-state index contributed by atoms with van der Waals surface area (Å²) in [5, 5.41) is 4.40. The molecule has 0 radical (unpaired) electrons. The van der Waals surface area contributed by atoms with Crippen LogP contribution in [0.5, 0.6) is 0 Å². The molecule has 148 valence electrons. The fourth-order valence-corrected chi connectivity index (χ4v) is 5.60. The van der Waals surface area contributed by atoms with Crippen molar-refractivity contribution in [1.29, 1.82) is 0 Å². The SMILES string of the molecule is Cc1nc2n(n1)C(=O)C(C(c1cccc(F)c1)N1CCC3(CC1)OCCO3)S2. The Morgan fingerprint density at radius 3 is 2.71 bits per heavy atom. The lowest BCUT2D eigenvalue weighted by Crippen LogP contribution is -2.49. The molecule has 0 N–H and O–H groups in total. The number of nitrogens with zero attached hydrogens (tertiary/aromatic N) is 4. The van der Waals surface area contributed by atoms with Crippen LogP contribution in [-0.4, -0.2) is 62.9 Å². The molecule has 2 atom stereocenters. The molecule has 0 aliphatic carbocycles. The molecule has 1 spiro atoms. The lowest BCUT2D eigenvalue weighted by atomic mass is 9.95. The summed E-state index contributed by atoms with van der Waals surface area (Å²) in [6, 6.07) is 6.25. The van der Waals surface area contributed by atoms with E-state index in [1.54, 1.807) is 13.0 Å². The Hall–Kier alpha value is -1.81. The Bertz CT molecular complexity index is 904. The number of carbonyl (C=O) groups excluding carboxylic acids is 1. The van der Waals surface area contributed by atoms with Crippen molar-refractivity contribution in [3.63, 3.8) is 0 Å². The molecular formula is C19H21FN4O3S. The van der Waals surface area contributed by atoms with Gasteiger partial charge in [-0.05, 0) is 24.6 Å². The molecule has 5 rings (SSSR count). The average molecular weight is 404 g/mol. The van der Waals surface area contributed by atoms with Gasteiger partial charge in [0, 0.05) is 25.9 Å². The zero-order chi connectivity index (χ0) is 19.3. The molecule has 0 saturated carbocycles. The number of ether oxygens (including phenoxy) is 2. The zero-order valence-corrected chi connectivity index (χ0v) is 16.3. The standard InChI is InChI=1S/C19H21FN4O3S/c1-12-21-18-24(22-12)17(25)16(28-18)15(13-3-2-4-14(20)11-13)23-7-5-19(6-8-23)26-9-10-27-19/h2-4,11,15-16H,5-10H2,1H3. The van der Waals surface area contributed by atoms with Crippen LogP contribution in [0.3, 0.4) is 0 Å². The number of thioether (sulfide) groups is 1. The molecule has 3 aliphatic rings. The van der Waals surface area contributed by atoms with E-state index in [0.717, 1.165) is 18.4 Å². The van der Waals surface area contributed by atoms with Crippen LogP contribution in [-0.2, 0) is 9.47 Å². The number of likely N-dealkylation sites (tertiary alicyclic amines) is 1. The number of aryl methyl sites for hydroxylation is 1. The lowest BCUT2D eigenvalue weighted by Gasteiger charge is -2.42. The predicted octanol–water partition coefficient (Wildman–Crippen LogP) is 2.42. The second kappa shape index (κ2) is 6.91. The number of carbonyl (C=O) groups is 1. The van der Waals surface area contributed by atoms with Gasteiger partial charge < -0.3 is 9.47 Å². The molecule has 2 aromatic rings. The van der Waals surface area contributed by atoms with E-state index in [4.69, 9.17) is 9.47 Å². The minimum Gasteiger partial charge on any atom is -0.347 e. The second-order valence-electron chi connectivity index (χ2n) is 7.37. The topological polar surface area (TPSA) is 69.5 Å². The van der Waals surface area contributed by atoms with Crippen molar-refractivity contribution in [2.45, 2.75) is 42.0 Å². The molecule has 1 aromatic carbocycles. The monoisotopic (exact) mass is 404 g/mol. The van der Waals surface area contributed by atoms with Crippen molar-refractivity contribution in [3.05, 3.63) is 41.5 Å². The summed E-state index contributed by atoms with van der Waals surface area (Å²) in [6.45, 7) is 4.43. The van der Waals surface area contributed by atoms with Gasteiger partial charge in [0.1, 0.15) is 16.9 Å². The zero-order valence-electron chi connectivity index (χ0n) is 15.5. The van der Waals surface area contributed by atoms with Gasteiger partial charge in [0.05, 0.1) is 19.3 Å². The van der Waals surface area contributed by atoms with Gasteiger partial charge in [-0.25, -0.2) is 9.37 Å². The number of halogens is 1. The molecule has 2 fully saturated rings. The van der Waals surface area contributed by atoms with Gasteiger partial charge in [0.2, 0.25) is 0 Å². The first-order valence-electron chi connectivity index (χ1n) is 9.47. The third kappa shape index (κ3) is 3.06. The molecule has 28 heavy (non-hydrogen) atoms. The van der Waals surface area contributed by atoms with E-state index < -0.39 is 11.0 Å². The Morgan fingerprint density at radius 1 is 1.29 bits per heavy atom. The molecule has 0 bridgehead atoms. The first-order chi connectivity index (χ1) is 13.5. The van der Waals surface area contributed by atoms with Crippen molar-refractivity contribution >= 4 is 17.7 Å². The maximum atomic E-state index is 14.0. The van der Waals surface area contributed by atoms with Crippen LogP contribution in [0, 0.1) is 12.7 Å². The molecule has 4 heterocycles. The number of hydrogen-bond acceptors (Lipinski definition) is 7. The third-order valence-electron chi connectivity index (χ3n) is 5.61. The van der Waals surface area contributed by atoms with Crippen LogP contribution in [0.4, 0.5) is 4.39 Å². The smallest absolute Gasteiger partial charge is 0.264 e. The van der Waals surface area contributed by atoms with E-state index in [2.05, 4.69) is 15.0 Å². The number of aromatic nitrogens is 3.